The summed E-state index contributed by atoms with van der Waals surface area (Å²) in [5.41, 5.74) is 0. The van der Waals surface area contributed by atoms with Gasteiger partial charge in [0, 0.05) is 44.3 Å². The van der Waals surface area contributed by atoms with Crippen LogP contribution < -0.4 is 0 Å². The summed E-state index contributed by atoms with van der Waals surface area (Å²) in [7, 11) is 0. The highest BCUT2D eigenvalue weighted by Gasteiger charge is 1.96. The molecule has 0 aliphatic carbocycles. The lowest BCUT2D eigenvalue weighted by Crippen LogP contribution is -2.04. The monoisotopic (exact) mass is 304 g/mol. The smallest absolute Gasteiger partial charge is 0.331 e. The Morgan fingerprint density at radius 1 is 0.905 bits per heavy atom. The fraction of sp³-hybridized carbons (Fsp3) is 0.462. The third kappa shape index (κ3) is 20.3. The molecular formula is C13H20O8. The van der Waals surface area contributed by atoms with E-state index in [0.717, 1.165) is 12.2 Å². The van der Waals surface area contributed by atoms with Crippen LogP contribution >= 0.6 is 0 Å². The lowest BCUT2D eigenvalue weighted by atomic mass is 10.5. The maximum Gasteiger partial charge on any atom is 0.331 e. The van der Waals surface area contributed by atoms with Gasteiger partial charge in [0.05, 0.1) is 13.2 Å². The van der Waals surface area contributed by atoms with E-state index in [1.165, 1.54) is 0 Å². The minimum Gasteiger partial charge on any atom is -0.478 e. The second-order valence-corrected chi connectivity index (χ2v) is 3.37. The highest BCUT2D eigenvalue weighted by Crippen LogP contribution is 1.85. The average Bonchev–Trinajstić information content (AvgIpc) is 2.46. The number of esters is 2. The molecule has 0 heterocycles. The van der Waals surface area contributed by atoms with Gasteiger partial charge in [-0.15, -0.1) is 0 Å². The zero-order valence-electron chi connectivity index (χ0n) is 11.6. The molecule has 0 aliphatic heterocycles. The van der Waals surface area contributed by atoms with E-state index in [9.17, 15) is 14.4 Å². The van der Waals surface area contributed by atoms with Crippen molar-refractivity contribution in [2.75, 3.05) is 26.4 Å². The summed E-state index contributed by atoms with van der Waals surface area (Å²) < 4.78 is 9.00. The molecule has 0 spiro atoms. The molecule has 0 fully saturated rings. The number of carboxylic acids is 1. The average molecular weight is 304 g/mol. The maximum atomic E-state index is 10.6. The van der Waals surface area contributed by atoms with Gasteiger partial charge in [-0.1, -0.05) is 6.58 Å². The van der Waals surface area contributed by atoms with E-state index in [1.54, 1.807) is 0 Å². The zero-order chi connectivity index (χ0) is 16.5. The number of ether oxygens (including phenoxy) is 2. The maximum absolute atomic E-state index is 10.6. The van der Waals surface area contributed by atoms with Crippen molar-refractivity contribution in [3.05, 3.63) is 24.8 Å². The van der Waals surface area contributed by atoms with Crippen molar-refractivity contribution in [2.45, 2.75) is 12.8 Å². The molecule has 0 aromatic heterocycles. The number of hydrogen-bond acceptors (Lipinski definition) is 7. The third-order valence-corrected chi connectivity index (χ3v) is 1.62. The molecule has 0 amide bonds. The molecule has 0 radical (unpaired) electrons. The van der Waals surface area contributed by atoms with Crippen LogP contribution in [0.5, 0.6) is 0 Å². The first-order valence-corrected chi connectivity index (χ1v) is 6.06. The lowest BCUT2D eigenvalue weighted by molar-refractivity contribution is -0.139. The standard InChI is InChI=1S/C7H10O5.C6H10O3/c8-4-1-5-12-7(11)3-2-6(9)10;1-2-6(8)9-5-3-4-7/h2-3,8H,1,4-5H2,(H,9,10);2,7H,1,3-5H2/b3-2-;. The Kier molecular flexibility index (Phi) is 16.0. The molecule has 8 nitrogen and oxygen atoms in total. The van der Waals surface area contributed by atoms with E-state index in [1.807, 2.05) is 0 Å². The fourth-order valence-corrected chi connectivity index (χ4v) is 0.721. The number of carbonyl (C=O) groups excluding carboxylic acids is 2. The molecular weight excluding hydrogens is 284 g/mol. The zero-order valence-corrected chi connectivity index (χ0v) is 11.6. The molecule has 120 valence electrons. The molecule has 0 atom stereocenters. The second-order valence-electron chi connectivity index (χ2n) is 3.37. The van der Waals surface area contributed by atoms with Gasteiger partial charge < -0.3 is 24.8 Å². The first-order chi connectivity index (χ1) is 9.97. The van der Waals surface area contributed by atoms with Crippen molar-refractivity contribution >= 4 is 17.9 Å². The number of carbonyl (C=O) groups is 3. The van der Waals surface area contributed by atoms with Crippen molar-refractivity contribution in [2.24, 2.45) is 0 Å². The van der Waals surface area contributed by atoms with Crippen LogP contribution in [0.1, 0.15) is 12.8 Å². The first-order valence-electron chi connectivity index (χ1n) is 6.06. The molecule has 0 unspecified atom stereocenters. The first kappa shape index (κ1) is 21.1. The van der Waals surface area contributed by atoms with Crippen molar-refractivity contribution in [3.63, 3.8) is 0 Å². The van der Waals surface area contributed by atoms with Crippen LogP contribution in [0.3, 0.4) is 0 Å². The van der Waals surface area contributed by atoms with Gasteiger partial charge >= 0.3 is 17.9 Å². The Labute approximate surface area is 122 Å². The van der Waals surface area contributed by atoms with Gasteiger partial charge in [0.15, 0.2) is 0 Å². The minimum atomic E-state index is -1.20. The Morgan fingerprint density at radius 3 is 1.76 bits per heavy atom. The Balaban J connectivity index is 0. The quantitative estimate of drug-likeness (QED) is 0.299. The lowest BCUT2D eigenvalue weighted by Gasteiger charge is -1.97. The van der Waals surface area contributed by atoms with Crippen molar-refractivity contribution in [1.29, 1.82) is 0 Å². The molecule has 0 aromatic rings. The number of rotatable bonds is 9. The Morgan fingerprint density at radius 2 is 1.38 bits per heavy atom. The van der Waals surface area contributed by atoms with Gasteiger partial charge in [-0.05, 0) is 0 Å². The molecule has 0 aromatic carbocycles. The number of carboxylic acid groups (broad SMARTS) is 1. The predicted molar refractivity (Wildman–Crippen MR) is 72.3 cm³/mol. The van der Waals surface area contributed by atoms with Crippen LogP contribution in [0, 0.1) is 0 Å². The minimum absolute atomic E-state index is 0.0461. The van der Waals surface area contributed by atoms with Crippen molar-refractivity contribution in [3.8, 4) is 0 Å². The second kappa shape index (κ2) is 15.9. The van der Waals surface area contributed by atoms with E-state index in [-0.39, 0.29) is 26.4 Å². The fourth-order valence-electron chi connectivity index (χ4n) is 0.721. The summed E-state index contributed by atoms with van der Waals surface area (Å²) in [6.45, 7) is 3.55. The molecule has 0 bridgehead atoms. The highest BCUT2D eigenvalue weighted by atomic mass is 16.5. The molecule has 0 saturated heterocycles. The molecule has 0 rings (SSSR count). The van der Waals surface area contributed by atoms with E-state index >= 15 is 0 Å². The van der Waals surface area contributed by atoms with Gasteiger partial charge in [-0.3, -0.25) is 0 Å². The Hall–Kier alpha value is -2.19. The van der Waals surface area contributed by atoms with E-state index in [2.05, 4.69) is 16.1 Å². The van der Waals surface area contributed by atoms with Crippen molar-refractivity contribution in [1.82, 2.24) is 0 Å². The number of aliphatic carboxylic acids is 1. The van der Waals surface area contributed by atoms with Gasteiger partial charge in [0.1, 0.15) is 0 Å². The molecule has 0 aliphatic rings. The topological polar surface area (TPSA) is 130 Å². The number of aliphatic hydroxyl groups excluding tert-OH is 2. The van der Waals surface area contributed by atoms with Crippen LogP contribution in [0.2, 0.25) is 0 Å². The third-order valence-electron chi connectivity index (χ3n) is 1.62. The van der Waals surface area contributed by atoms with Crippen LogP contribution in [0.25, 0.3) is 0 Å². The predicted octanol–water partition coefficient (Wildman–Crippen LogP) is -0.349. The summed E-state index contributed by atoms with van der Waals surface area (Å²) in [5.74, 6) is -2.36. The molecule has 21 heavy (non-hydrogen) atoms. The van der Waals surface area contributed by atoms with Crippen LogP contribution in [0.15, 0.2) is 24.8 Å². The molecule has 0 saturated carbocycles. The number of aliphatic hydroxyl groups is 2. The largest absolute Gasteiger partial charge is 0.478 e. The summed E-state index contributed by atoms with van der Waals surface area (Å²) in [6.07, 6.45) is 3.45. The van der Waals surface area contributed by atoms with Gasteiger partial charge in [0.2, 0.25) is 0 Å². The normalized spacial score (nSPS) is 9.43. The van der Waals surface area contributed by atoms with Gasteiger partial charge in [-0.25, -0.2) is 14.4 Å². The van der Waals surface area contributed by atoms with Crippen LogP contribution in [-0.4, -0.2) is 59.7 Å². The number of hydrogen-bond donors (Lipinski definition) is 3. The summed E-state index contributed by atoms with van der Waals surface area (Å²) >= 11 is 0. The van der Waals surface area contributed by atoms with Gasteiger partial charge in [-0.2, -0.15) is 0 Å². The highest BCUT2D eigenvalue weighted by molar-refractivity contribution is 5.90. The van der Waals surface area contributed by atoms with Gasteiger partial charge in [0.25, 0.3) is 0 Å². The SMILES string of the molecule is C=CC(=O)OCCCO.O=C(O)/C=C\C(=O)OCCCO. The molecule has 3 N–H and O–H groups in total. The summed E-state index contributed by atoms with van der Waals surface area (Å²) in [6, 6.07) is 0. The molecule has 8 heteroatoms. The van der Waals surface area contributed by atoms with E-state index < -0.39 is 17.9 Å². The van der Waals surface area contributed by atoms with Crippen molar-refractivity contribution < 1.29 is 39.2 Å². The van der Waals surface area contributed by atoms with E-state index in [0.29, 0.717) is 18.9 Å². The van der Waals surface area contributed by atoms with Crippen LogP contribution in [0.4, 0.5) is 0 Å². The summed E-state index contributed by atoms with van der Waals surface area (Å²) in [5, 5.41) is 24.6. The van der Waals surface area contributed by atoms with E-state index in [4.69, 9.17) is 15.3 Å². The van der Waals surface area contributed by atoms with Crippen LogP contribution in [-0.2, 0) is 23.9 Å². The summed E-state index contributed by atoms with van der Waals surface area (Å²) in [4.78, 5) is 30.7. The Bertz CT molecular complexity index is 348.